The van der Waals surface area contributed by atoms with E-state index < -0.39 is 21.9 Å². The van der Waals surface area contributed by atoms with Crippen molar-refractivity contribution in [3.8, 4) is 0 Å². The van der Waals surface area contributed by atoms with Gasteiger partial charge in [-0.1, -0.05) is 11.6 Å². The number of carboxylic acids is 1. The Labute approximate surface area is 116 Å². The number of hydrogen-bond donors (Lipinski definition) is 2. The van der Waals surface area contributed by atoms with Gasteiger partial charge in [-0.25, -0.2) is 13.1 Å². The zero-order chi connectivity index (χ0) is 14.0. The molecule has 2 atom stereocenters. The Balaban J connectivity index is 2.06. The van der Waals surface area contributed by atoms with Crippen molar-refractivity contribution in [1.29, 1.82) is 0 Å². The van der Waals surface area contributed by atoms with Crippen LogP contribution in [0.15, 0.2) is 29.2 Å². The minimum absolute atomic E-state index is 0.135. The fourth-order valence-corrected chi connectivity index (χ4v) is 3.62. The predicted octanol–water partition coefficient (Wildman–Crippen LogP) is 1.87. The van der Waals surface area contributed by atoms with E-state index in [0.717, 1.165) is 0 Å². The standard InChI is InChI=1S/C12H14ClNO4S/c13-9-2-5-11(6-3-9)19(17,18)14-10-4-1-8(7-10)12(15)16/h2-3,5-6,8,10,14H,1,4,7H2,(H,15,16)/t8-,10+/m1/s1. The molecule has 1 aromatic rings. The molecule has 1 saturated carbocycles. The summed E-state index contributed by atoms with van der Waals surface area (Å²) >= 11 is 5.71. The zero-order valence-corrected chi connectivity index (χ0v) is 11.6. The van der Waals surface area contributed by atoms with Gasteiger partial charge in [0, 0.05) is 11.1 Å². The number of halogens is 1. The van der Waals surface area contributed by atoms with E-state index in [-0.39, 0.29) is 10.9 Å². The first-order valence-corrected chi connectivity index (χ1v) is 7.75. The molecule has 19 heavy (non-hydrogen) atoms. The number of hydrogen-bond acceptors (Lipinski definition) is 3. The van der Waals surface area contributed by atoms with Crippen molar-refractivity contribution in [2.75, 3.05) is 0 Å². The molecule has 0 heterocycles. The van der Waals surface area contributed by atoms with Gasteiger partial charge in [-0.05, 0) is 43.5 Å². The van der Waals surface area contributed by atoms with Gasteiger partial charge in [0.25, 0.3) is 0 Å². The SMILES string of the molecule is O=C(O)[C@@H]1CC[C@H](NS(=O)(=O)c2ccc(Cl)cc2)C1. The van der Waals surface area contributed by atoms with Gasteiger partial charge in [-0.3, -0.25) is 4.79 Å². The zero-order valence-electron chi connectivity index (χ0n) is 10.0. The second-order valence-electron chi connectivity index (χ2n) is 4.62. The number of sulfonamides is 1. The molecule has 0 radical (unpaired) electrons. The summed E-state index contributed by atoms with van der Waals surface area (Å²) in [4.78, 5) is 11.0. The Morgan fingerprint density at radius 3 is 2.42 bits per heavy atom. The van der Waals surface area contributed by atoms with Crippen molar-refractivity contribution in [3.05, 3.63) is 29.3 Å². The molecule has 0 aromatic heterocycles. The summed E-state index contributed by atoms with van der Waals surface area (Å²) in [6.45, 7) is 0. The first-order chi connectivity index (χ1) is 8.88. The molecule has 0 bridgehead atoms. The Morgan fingerprint density at radius 1 is 1.26 bits per heavy atom. The summed E-state index contributed by atoms with van der Waals surface area (Å²) in [6.07, 6.45) is 1.38. The van der Waals surface area contributed by atoms with Gasteiger partial charge >= 0.3 is 5.97 Å². The van der Waals surface area contributed by atoms with Gasteiger partial charge in [0.1, 0.15) is 0 Å². The molecule has 2 rings (SSSR count). The number of carbonyl (C=O) groups is 1. The van der Waals surface area contributed by atoms with E-state index in [9.17, 15) is 13.2 Å². The number of benzene rings is 1. The quantitative estimate of drug-likeness (QED) is 0.889. The molecule has 7 heteroatoms. The van der Waals surface area contributed by atoms with E-state index in [1.54, 1.807) is 0 Å². The summed E-state index contributed by atoms with van der Waals surface area (Å²) < 4.78 is 26.7. The molecule has 1 aromatic carbocycles. The van der Waals surface area contributed by atoms with Crippen LogP contribution >= 0.6 is 11.6 Å². The molecular formula is C12H14ClNO4S. The van der Waals surface area contributed by atoms with Gasteiger partial charge in [-0.15, -0.1) is 0 Å². The summed E-state index contributed by atoms with van der Waals surface area (Å²) in [6, 6.07) is 5.54. The van der Waals surface area contributed by atoms with Crippen LogP contribution in [-0.2, 0) is 14.8 Å². The largest absolute Gasteiger partial charge is 0.481 e. The van der Waals surface area contributed by atoms with Gasteiger partial charge in [-0.2, -0.15) is 0 Å². The summed E-state index contributed by atoms with van der Waals surface area (Å²) in [5.74, 6) is -1.33. The summed E-state index contributed by atoms with van der Waals surface area (Å²) in [7, 11) is -3.61. The van der Waals surface area contributed by atoms with Crippen molar-refractivity contribution in [2.24, 2.45) is 5.92 Å². The van der Waals surface area contributed by atoms with Gasteiger partial charge in [0.15, 0.2) is 0 Å². The molecule has 104 valence electrons. The Hall–Kier alpha value is -1.11. The first kappa shape index (κ1) is 14.3. The first-order valence-electron chi connectivity index (χ1n) is 5.89. The van der Waals surface area contributed by atoms with E-state index in [1.165, 1.54) is 24.3 Å². The van der Waals surface area contributed by atoms with Crippen molar-refractivity contribution >= 4 is 27.6 Å². The lowest BCUT2D eigenvalue weighted by Crippen LogP contribution is -2.33. The van der Waals surface area contributed by atoms with Crippen LogP contribution in [0.4, 0.5) is 0 Å². The van der Waals surface area contributed by atoms with E-state index in [4.69, 9.17) is 16.7 Å². The van der Waals surface area contributed by atoms with E-state index in [2.05, 4.69) is 4.72 Å². The number of rotatable bonds is 4. The van der Waals surface area contributed by atoms with Crippen LogP contribution in [0, 0.1) is 5.92 Å². The average molecular weight is 304 g/mol. The Kier molecular flexibility index (Phi) is 4.13. The molecule has 1 aliphatic rings. The highest BCUT2D eigenvalue weighted by molar-refractivity contribution is 7.89. The van der Waals surface area contributed by atoms with Crippen LogP contribution in [0.5, 0.6) is 0 Å². The van der Waals surface area contributed by atoms with Gasteiger partial charge < -0.3 is 5.11 Å². The van der Waals surface area contributed by atoms with Gasteiger partial charge in [0.2, 0.25) is 10.0 Å². The lowest BCUT2D eigenvalue weighted by atomic mass is 10.1. The number of carboxylic acid groups (broad SMARTS) is 1. The van der Waals surface area contributed by atoms with Gasteiger partial charge in [0.05, 0.1) is 10.8 Å². The van der Waals surface area contributed by atoms with Crippen LogP contribution in [0.1, 0.15) is 19.3 Å². The van der Waals surface area contributed by atoms with Crippen LogP contribution < -0.4 is 4.72 Å². The van der Waals surface area contributed by atoms with Crippen molar-refractivity contribution in [1.82, 2.24) is 4.72 Å². The predicted molar refractivity (Wildman–Crippen MR) is 70.5 cm³/mol. The molecule has 0 saturated heterocycles. The lowest BCUT2D eigenvalue weighted by Gasteiger charge is -2.13. The normalized spacial score (nSPS) is 23.4. The average Bonchev–Trinajstić information content (AvgIpc) is 2.77. The number of nitrogens with one attached hydrogen (secondary N) is 1. The van der Waals surface area contributed by atoms with E-state index in [1.807, 2.05) is 0 Å². The van der Waals surface area contributed by atoms with Crippen LogP contribution in [0.25, 0.3) is 0 Å². The monoisotopic (exact) mass is 303 g/mol. The minimum Gasteiger partial charge on any atom is -0.481 e. The third-order valence-electron chi connectivity index (χ3n) is 3.23. The number of aliphatic carboxylic acids is 1. The molecule has 0 unspecified atom stereocenters. The molecule has 1 fully saturated rings. The minimum atomic E-state index is -3.61. The highest BCUT2D eigenvalue weighted by Gasteiger charge is 2.32. The summed E-state index contributed by atoms with van der Waals surface area (Å²) in [5, 5.41) is 9.35. The maximum atomic E-state index is 12.1. The molecular weight excluding hydrogens is 290 g/mol. The van der Waals surface area contributed by atoms with E-state index >= 15 is 0 Å². The Bertz CT molecular complexity index is 570. The van der Waals surface area contributed by atoms with Crippen LogP contribution in [-0.4, -0.2) is 25.5 Å². The second-order valence-corrected chi connectivity index (χ2v) is 6.77. The van der Waals surface area contributed by atoms with Crippen molar-refractivity contribution in [3.63, 3.8) is 0 Å². The highest BCUT2D eigenvalue weighted by atomic mass is 35.5. The topological polar surface area (TPSA) is 83.5 Å². The second kappa shape index (κ2) is 5.48. The molecule has 1 aliphatic carbocycles. The molecule has 0 aliphatic heterocycles. The van der Waals surface area contributed by atoms with Crippen LogP contribution in [0.3, 0.4) is 0 Å². The summed E-state index contributed by atoms with van der Waals surface area (Å²) in [5.41, 5.74) is 0. The van der Waals surface area contributed by atoms with Crippen molar-refractivity contribution < 1.29 is 18.3 Å². The third kappa shape index (κ3) is 3.46. The molecule has 0 spiro atoms. The maximum Gasteiger partial charge on any atom is 0.306 e. The fraction of sp³-hybridized carbons (Fsp3) is 0.417. The molecule has 2 N–H and O–H groups in total. The maximum absolute atomic E-state index is 12.1. The molecule has 5 nitrogen and oxygen atoms in total. The smallest absolute Gasteiger partial charge is 0.306 e. The Morgan fingerprint density at radius 2 is 1.89 bits per heavy atom. The van der Waals surface area contributed by atoms with E-state index in [0.29, 0.717) is 24.3 Å². The highest BCUT2D eigenvalue weighted by Crippen LogP contribution is 2.27. The fourth-order valence-electron chi connectivity index (χ4n) is 2.21. The van der Waals surface area contributed by atoms with Crippen LogP contribution in [0.2, 0.25) is 5.02 Å². The lowest BCUT2D eigenvalue weighted by molar-refractivity contribution is -0.141. The van der Waals surface area contributed by atoms with Crippen molar-refractivity contribution in [2.45, 2.75) is 30.2 Å². The molecule has 0 amide bonds. The third-order valence-corrected chi connectivity index (χ3v) is 5.02.